The van der Waals surface area contributed by atoms with Crippen LogP contribution in [-0.2, 0) is 0 Å². The van der Waals surface area contributed by atoms with Gasteiger partial charge in [0, 0.05) is 42.7 Å². The second-order valence-electron chi connectivity index (χ2n) is 9.65. The zero-order valence-corrected chi connectivity index (χ0v) is 21.7. The van der Waals surface area contributed by atoms with Crippen molar-refractivity contribution in [1.29, 1.82) is 0 Å². The van der Waals surface area contributed by atoms with Crippen molar-refractivity contribution >= 4 is 64.1 Å². The lowest BCUT2D eigenvalue weighted by Gasteiger charge is -2.08. The quantitative estimate of drug-likeness (QED) is 0.162. The molecule has 3 aromatic heterocycles. The van der Waals surface area contributed by atoms with Crippen LogP contribution in [0.5, 0.6) is 0 Å². The van der Waals surface area contributed by atoms with Crippen LogP contribution in [0.4, 0.5) is 0 Å². The highest BCUT2D eigenvalue weighted by atomic mass is 32.1. The number of hydrogen-bond acceptors (Lipinski definition) is 3. The molecule has 0 aliphatic heterocycles. The third kappa shape index (κ3) is 3.58. The van der Waals surface area contributed by atoms with Crippen LogP contribution < -0.4 is 0 Å². The van der Waals surface area contributed by atoms with Gasteiger partial charge in [-0.1, -0.05) is 84.8 Å². The van der Waals surface area contributed by atoms with Crippen molar-refractivity contribution in [2.75, 3.05) is 0 Å². The molecule has 0 unspecified atom stereocenters. The number of hydrogen-bond donors (Lipinski definition) is 0. The van der Waals surface area contributed by atoms with E-state index in [0.29, 0.717) is 0 Å². The van der Waals surface area contributed by atoms with Crippen molar-refractivity contribution in [3.63, 3.8) is 0 Å². The van der Waals surface area contributed by atoms with Crippen LogP contribution >= 0.6 is 11.3 Å². The molecular weight excluding hydrogens is 492 g/mol. The van der Waals surface area contributed by atoms with Crippen molar-refractivity contribution in [3.8, 4) is 23.0 Å². The SMILES string of the molecule is C(#Cc1ccc2c3ccccc3c3cccnc3c2n1)c1ccc(-c2cccc3c2sc2ccccc23)cc1. The van der Waals surface area contributed by atoms with Gasteiger partial charge >= 0.3 is 0 Å². The summed E-state index contributed by atoms with van der Waals surface area (Å²) in [6.07, 6.45) is 1.83. The zero-order valence-electron chi connectivity index (χ0n) is 20.8. The zero-order chi connectivity index (χ0) is 25.8. The number of thiophene rings is 1. The molecule has 5 aromatic carbocycles. The van der Waals surface area contributed by atoms with Gasteiger partial charge in [0.15, 0.2) is 0 Å². The standard InChI is InChI=1S/C36H20N2S/c1-2-8-28-27(7-1)30-12-6-22-37-34(30)35-31(28)21-20-25(38-35)19-16-23-14-17-24(18-15-23)26-10-5-11-32-29-9-3-4-13-33(29)39-36(26)32/h1-15,17-18,20-22H. The van der Waals surface area contributed by atoms with Crippen LogP contribution in [0.25, 0.3) is 63.9 Å². The molecule has 0 fully saturated rings. The lowest BCUT2D eigenvalue weighted by atomic mass is 10.00. The number of aromatic nitrogens is 2. The Hall–Kier alpha value is -5.04. The number of nitrogens with zero attached hydrogens (tertiary/aromatic N) is 2. The van der Waals surface area contributed by atoms with Gasteiger partial charge in [0.05, 0.1) is 11.0 Å². The summed E-state index contributed by atoms with van der Waals surface area (Å²) in [4.78, 5) is 9.64. The maximum Gasteiger partial charge on any atom is 0.114 e. The minimum Gasteiger partial charge on any atom is -0.254 e. The highest BCUT2D eigenvalue weighted by Gasteiger charge is 2.11. The van der Waals surface area contributed by atoms with E-state index in [1.54, 1.807) is 0 Å². The molecule has 0 atom stereocenters. The molecule has 2 nitrogen and oxygen atoms in total. The number of rotatable bonds is 1. The van der Waals surface area contributed by atoms with Gasteiger partial charge in [-0.05, 0) is 64.2 Å². The second kappa shape index (κ2) is 8.77. The van der Waals surface area contributed by atoms with E-state index in [0.717, 1.165) is 33.1 Å². The molecule has 0 aliphatic carbocycles. The molecule has 0 N–H and O–H groups in total. The fraction of sp³-hybridized carbons (Fsp3) is 0. The predicted molar refractivity (Wildman–Crippen MR) is 165 cm³/mol. The summed E-state index contributed by atoms with van der Waals surface area (Å²) < 4.78 is 2.65. The highest BCUT2D eigenvalue weighted by molar-refractivity contribution is 7.26. The Labute approximate surface area is 229 Å². The normalized spacial score (nSPS) is 11.4. The van der Waals surface area contributed by atoms with E-state index < -0.39 is 0 Å². The molecule has 39 heavy (non-hydrogen) atoms. The lowest BCUT2D eigenvalue weighted by Crippen LogP contribution is -1.90. The highest BCUT2D eigenvalue weighted by Crippen LogP contribution is 2.39. The van der Waals surface area contributed by atoms with Crippen LogP contribution in [-0.4, -0.2) is 9.97 Å². The molecule has 0 aliphatic rings. The average molecular weight is 513 g/mol. The fourth-order valence-electron chi connectivity index (χ4n) is 5.53. The van der Waals surface area contributed by atoms with Gasteiger partial charge in [-0.2, -0.15) is 0 Å². The first-order chi connectivity index (χ1) is 19.3. The van der Waals surface area contributed by atoms with Crippen molar-refractivity contribution in [3.05, 3.63) is 133 Å². The Morgan fingerprint density at radius 1 is 0.513 bits per heavy atom. The summed E-state index contributed by atoms with van der Waals surface area (Å²) in [6, 6.07) is 40.4. The van der Waals surface area contributed by atoms with Gasteiger partial charge in [-0.25, -0.2) is 4.98 Å². The summed E-state index contributed by atoms with van der Waals surface area (Å²) in [5.41, 5.74) is 5.97. The summed E-state index contributed by atoms with van der Waals surface area (Å²) in [6.45, 7) is 0. The maximum atomic E-state index is 4.95. The minimum absolute atomic E-state index is 0.740. The Balaban J connectivity index is 1.18. The molecule has 3 heterocycles. The topological polar surface area (TPSA) is 25.8 Å². The first kappa shape index (κ1) is 22.0. The van der Waals surface area contributed by atoms with E-state index in [9.17, 15) is 0 Å². The van der Waals surface area contributed by atoms with E-state index in [2.05, 4.69) is 120 Å². The molecule has 0 bridgehead atoms. The van der Waals surface area contributed by atoms with Crippen molar-refractivity contribution in [2.45, 2.75) is 0 Å². The Morgan fingerprint density at radius 3 is 2.08 bits per heavy atom. The molecule has 8 aromatic rings. The van der Waals surface area contributed by atoms with Crippen LogP contribution in [0.1, 0.15) is 11.3 Å². The molecule has 0 spiro atoms. The number of benzene rings is 5. The molecule has 0 radical (unpaired) electrons. The van der Waals surface area contributed by atoms with Gasteiger partial charge in [-0.15, -0.1) is 11.3 Å². The van der Waals surface area contributed by atoms with Crippen LogP contribution in [0.15, 0.2) is 121 Å². The Morgan fingerprint density at radius 2 is 1.23 bits per heavy atom. The first-order valence-corrected chi connectivity index (χ1v) is 13.7. The van der Waals surface area contributed by atoms with Gasteiger partial charge in [0.1, 0.15) is 5.69 Å². The Bertz CT molecular complexity index is 2250. The monoisotopic (exact) mass is 512 g/mol. The van der Waals surface area contributed by atoms with Gasteiger partial charge < -0.3 is 0 Å². The largest absolute Gasteiger partial charge is 0.254 e. The van der Waals surface area contributed by atoms with Crippen LogP contribution in [0, 0.1) is 11.8 Å². The third-order valence-electron chi connectivity index (χ3n) is 7.37. The molecule has 180 valence electrons. The second-order valence-corrected chi connectivity index (χ2v) is 10.7. The first-order valence-electron chi connectivity index (χ1n) is 12.9. The van der Waals surface area contributed by atoms with E-state index in [1.165, 1.54) is 42.1 Å². The summed E-state index contributed by atoms with van der Waals surface area (Å²) >= 11 is 1.86. The van der Waals surface area contributed by atoms with Gasteiger partial charge in [0.25, 0.3) is 0 Å². The summed E-state index contributed by atoms with van der Waals surface area (Å²) in [5.74, 6) is 6.60. The van der Waals surface area contributed by atoms with Crippen molar-refractivity contribution in [2.24, 2.45) is 0 Å². The van der Waals surface area contributed by atoms with Gasteiger partial charge in [0.2, 0.25) is 0 Å². The molecular formula is C36H20N2S. The molecule has 0 saturated carbocycles. The number of fused-ring (bicyclic) bond motifs is 9. The van der Waals surface area contributed by atoms with E-state index in [4.69, 9.17) is 4.98 Å². The van der Waals surface area contributed by atoms with Crippen molar-refractivity contribution < 1.29 is 0 Å². The van der Waals surface area contributed by atoms with Crippen LogP contribution in [0.3, 0.4) is 0 Å². The van der Waals surface area contributed by atoms with E-state index in [-0.39, 0.29) is 0 Å². The summed E-state index contributed by atoms with van der Waals surface area (Å²) in [7, 11) is 0. The minimum atomic E-state index is 0.740. The number of pyridine rings is 2. The fourth-order valence-corrected chi connectivity index (χ4v) is 6.77. The average Bonchev–Trinajstić information content (AvgIpc) is 3.39. The van der Waals surface area contributed by atoms with Crippen LogP contribution in [0.2, 0.25) is 0 Å². The lowest BCUT2D eigenvalue weighted by molar-refractivity contribution is 1.35. The van der Waals surface area contributed by atoms with E-state index >= 15 is 0 Å². The molecule has 0 saturated heterocycles. The summed E-state index contributed by atoms with van der Waals surface area (Å²) in [5, 5.41) is 7.23. The third-order valence-corrected chi connectivity index (χ3v) is 8.59. The predicted octanol–water partition coefficient (Wildman–Crippen LogP) is 9.37. The van der Waals surface area contributed by atoms with Gasteiger partial charge in [-0.3, -0.25) is 4.98 Å². The molecule has 8 rings (SSSR count). The molecule has 0 amide bonds. The smallest absolute Gasteiger partial charge is 0.114 e. The van der Waals surface area contributed by atoms with E-state index in [1.807, 2.05) is 29.7 Å². The Kier molecular flexibility index (Phi) is 4.94. The van der Waals surface area contributed by atoms with Crippen molar-refractivity contribution in [1.82, 2.24) is 9.97 Å². The maximum absolute atomic E-state index is 4.95. The molecule has 3 heteroatoms.